The van der Waals surface area contributed by atoms with Crippen LogP contribution in [0.1, 0.15) is 31.8 Å². The molecule has 0 amide bonds. The van der Waals surface area contributed by atoms with E-state index < -0.39 is 11.9 Å². The molecule has 0 aliphatic rings. The first kappa shape index (κ1) is 19.4. The molecule has 0 radical (unpaired) electrons. The molecule has 0 fully saturated rings. The molecule has 0 bridgehead atoms. The Morgan fingerprint density at radius 1 is 0.929 bits per heavy atom. The summed E-state index contributed by atoms with van der Waals surface area (Å²) < 4.78 is 10.7. The largest absolute Gasteiger partial charge is 0.507 e. The van der Waals surface area contributed by atoms with E-state index in [1.165, 1.54) is 30.6 Å². The van der Waals surface area contributed by atoms with E-state index in [4.69, 9.17) is 21.1 Å². The highest BCUT2D eigenvalue weighted by Gasteiger charge is 2.23. The van der Waals surface area contributed by atoms with Crippen molar-refractivity contribution in [3.05, 3.63) is 82.1 Å². The van der Waals surface area contributed by atoms with Gasteiger partial charge in [0.25, 0.3) is 0 Å². The number of phenols is 1. The third-order valence-corrected chi connectivity index (χ3v) is 4.19. The Morgan fingerprint density at radius 2 is 1.57 bits per heavy atom. The van der Waals surface area contributed by atoms with E-state index in [2.05, 4.69) is 4.98 Å². The number of pyridine rings is 1. The van der Waals surface area contributed by atoms with Gasteiger partial charge in [-0.2, -0.15) is 0 Å². The van der Waals surface area contributed by atoms with Gasteiger partial charge in [-0.1, -0.05) is 35.9 Å². The van der Waals surface area contributed by atoms with Crippen molar-refractivity contribution in [2.24, 2.45) is 0 Å². The highest BCUT2D eigenvalue weighted by Crippen LogP contribution is 2.28. The molecule has 0 unspecified atom stereocenters. The van der Waals surface area contributed by atoms with Crippen molar-refractivity contribution in [2.75, 3.05) is 0 Å². The van der Waals surface area contributed by atoms with Gasteiger partial charge < -0.3 is 14.6 Å². The van der Waals surface area contributed by atoms with Crippen LogP contribution in [-0.2, 0) is 0 Å². The van der Waals surface area contributed by atoms with Gasteiger partial charge in [-0.3, -0.25) is 4.98 Å². The number of carbonyl (C=O) groups is 2. The topological polar surface area (TPSA) is 85.7 Å². The molecule has 3 aromatic rings. The maximum absolute atomic E-state index is 12.7. The second-order valence-electron chi connectivity index (χ2n) is 6.03. The zero-order chi connectivity index (χ0) is 20.3. The van der Waals surface area contributed by atoms with Crippen molar-refractivity contribution in [1.29, 1.82) is 0 Å². The molecule has 0 spiro atoms. The number of benzene rings is 2. The van der Waals surface area contributed by atoms with Crippen LogP contribution < -0.4 is 9.47 Å². The number of esters is 2. The van der Waals surface area contributed by atoms with E-state index >= 15 is 0 Å². The highest BCUT2D eigenvalue weighted by atomic mass is 35.5. The zero-order valence-electron chi connectivity index (χ0n) is 15.1. The lowest BCUT2D eigenvalue weighted by Gasteiger charge is -2.13. The number of aromatic nitrogens is 1. The van der Waals surface area contributed by atoms with Crippen LogP contribution in [0.15, 0.2) is 54.9 Å². The van der Waals surface area contributed by atoms with Crippen LogP contribution in [0.3, 0.4) is 0 Å². The van der Waals surface area contributed by atoms with Gasteiger partial charge in [0.05, 0.1) is 11.2 Å². The fraction of sp³-hybridized carbons (Fsp3) is 0.0952. The van der Waals surface area contributed by atoms with Crippen LogP contribution in [0.4, 0.5) is 0 Å². The van der Waals surface area contributed by atoms with E-state index in [1.54, 1.807) is 38.1 Å². The minimum absolute atomic E-state index is 0.0210. The maximum Gasteiger partial charge on any atom is 0.347 e. The molecule has 142 valence electrons. The molecule has 2 aromatic carbocycles. The SMILES string of the molecule is Cc1cccc(O)c1C(=O)Oc1cccc(C)c1C(=O)Oc1cncc(Cl)c1. The molecule has 1 heterocycles. The average molecular weight is 398 g/mol. The van der Waals surface area contributed by atoms with Gasteiger partial charge in [-0.05, 0) is 37.1 Å². The Bertz CT molecular complexity index is 1040. The van der Waals surface area contributed by atoms with Crippen molar-refractivity contribution in [3.63, 3.8) is 0 Å². The molecule has 0 saturated heterocycles. The first-order valence-electron chi connectivity index (χ1n) is 8.30. The van der Waals surface area contributed by atoms with E-state index in [-0.39, 0.29) is 28.4 Å². The number of hydrogen-bond acceptors (Lipinski definition) is 6. The fourth-order valence-electron chi connectivity index (χ4n) is 2.66. The average Bonchev–Trinajstić information content (AvgIpc) is 2.61. The van der Waals surface area contributed by atoms with Gasteiger partial charge in [0, 0.05) is 12.3 Å². The van der Waals surface area contributed by atoms with Gasteiger partial charge in [-0.25, -0.2) is 9.59 Å². The van der Waals surface area contributed by atoms with Gasteiger partial charge in [0.1, 0.15) is 22.6 Å². The van der Waals surface area contributed by atoms with Crippen LogP contribution in [0, 0.1) is 13.8 Å². The summed E-state index contributed by atoms with van der Waals surface area (Å²) in [6, 6.07) is 10.9. The van der Waals surface area contributed by atoms with E-state index in [0.717, 1.165) is 0 Å². The van der Waals surface area contributed by atoms with Gasteiger partial charge in [0.15, 0.2) is 5.75 Å². The number of aromatic hydroxyl groups is 1. The lowest BCUT2D eigenvalue weighted by Crippen LogP contribution is -2.16. The molecule has 7 heteroatoms. The summed E-state index contributed by atoms with van der Waals surface area (Å²) in [6.45, 7) is 3.36. The first-order valence-corrected chi connectivity index (χ1v) is 8.67. The number of phenolic OH excluding ortho intramolecular Hbond substituents is 1. The maximum atomic E-state index is 12.7. The normalized spacial score (nSPS) is 10.4. The zero-order valence-corrected chi connectivity index (χ0v) is 15.9. The lowest BCUT2D eigenvalue weighted by atomic mass is 10.1. The minimum Gasteiger partial charge on any atom is -0.507 e. The second-order valence-corrected chi connectivity index (χ2v) is 6.47. The summed E-state index contributed by atoms with van der Waals surface area (Å²) in [5, 5.41) is 10.3. The number of halogens is 1. The summed E-state index contributed by atoms with van der Waals surface area (Å²) in [5.74, 6) is -1.52. The molecule has 0 aliphatic heterocycles. The summed E-state index contributed by atoms with van der Waals surface area (Å²) in [7, 11) is 0. The van der Waals surface area contributed by atoms with Crippen molar-refractivity contribution in [3.8, 4) is 17.2 Å². The number of nitrogens with zero attached hydrogens (tertiary/aromatic N) is 1. The summed E-state index contributed by atoms with van der Waals surface area (Å²) >= 11 is 5.86. The smallest absolute Gasteiger partial charge is 0.347 e. The summed E-state index contributed by atoms with van der Waals surface area (Å²) in [6.07, 6.45) is 2.76. The molecule has 0 atom stereocenters. The fourth-order valence-corrected chi connectivity index (χ4v) is 2.83. The predicted molar refractivity (Wildman–Crippen MR) is 103 cm³/mol. The lowest BCUT2D eigenvalue weighted by molar-refractivity contribution is 0.0704. The number of carbonyl (C=O) groups excluding carboxylic acids is 2. The summed E-state index contributed by atoms with van der Waals surface area (Å²) in [4.78, 5) is 29.1. The molecule has 1 N–H and O–H groups in total. The molecular formula is C21H16ClNO5. The molecule has 0 aliphatic carbocycles. The quantitative estimate of drug-likeness (QED) is 0.515. The molecule has 1 aromatic heterocycles. The number of rotatable bonds is 4. The van der Waals surface area contributed by atoms with Crippen molar-refractivity contribution in [2.45, 2.75) is 13.8 Å². The molecule has 3 rings (SSSR count). The third-order valence-electron chi connectivity index (χ3n) is 3.99. The van der Waals surface area contributed by atoms with Gasteiger partial charge in [-0.15, -0.1) is 0 Å². The molecule has 6 nitrogen and oxygen atoms in total. The van der Waals surface area contributed by atoms with Crippen LogP contribution >= 0.6 is 11.6 Å². The Labute approximate surface area is 166 Å². The molecular weight excluding hydrogens is 382 g/mol. The second kappa shape index (κ2) is 8.10. The highest BCUT2D eigenvalue weighted by molar-refractivity contribution is 6.30. The number of aryl methyl sites for hydroxylation is 2. The van der Waals surface area contributed by atoms with E-state index in [9.17, 15) is 14.7 Å². The van der Waals surface area contributed by atoms with Gasteiger partial charge >= 0.3 is 11.9 Å². The van der Waals surface area contributed by atoms with E-state index in [0.29, 0.717) is 16.1 Å². The minimum atomic E-state index is -0.778. The standard InChI is InChI=1S/C21H16ClNO5/c1-12-5-3-7-16(24)18(12)20(25)28-17-8-4-6-13(2)19(17)21(26)27-15-9-14(22)10-23-11-15/h3-11,24H,1-2H3. The van der Waals surface area contributed by atoms with Crippen LogP contribution in [0.5, 0.6) is 17.2 Å². The molecule has 0 saturated carbocycles. The molecule has 28 heavy (non-hydrogen) atoms. The Kier molecular flexibility index (Phi) is 5.61. The summed E-state index contributed by atoms with van der Waals surface area (Å²) in [5.41, 5.74) is 1.22. The van der Waals surface area contributed by atoms with Crippen molar-refractivity contribution >= 4 is 23.5 Å². The monoisotopic (exact) mass is 397 g/mol. The Hall–Kier alpha value is -3.38. The number of ether oxygens (including phenoxy) is 2. The number of hydrogen-bond donors (Lipinski definition) is 1. The van der Waals surface area contributed by atoms with Crippen molar-refractivity contribution in [1.82, 2.24) is 4.98 Å². The Balaban J connectivity index is 1.92. The van der Waals surface area contributed by atoms with Crippen molar-refractivity contribution < 1.29 is 24.2 Å². The third kappa shape index (κ3) is 4.13. The first-order chi connectivity index (χ1) is 13.4. The van der Waals surface area contributed by atoms with Gasteiger partial charge in [0.2, 0.25) is 0 Å². The van der Waals surface area contributed by atoms with Crippen LogP contribution in [0.25, 0.3) is 0 Å². The van der Waals surface area contributed by atoms with E-state index in [1.807, 2.05) is 0 Å². The van der Waals surface area contributed by atoms with Crippen LogP contribution in [-0.4, -0.2) is 22.0 Å². The van der Waals surface area contributed by atoms with Crippen LogP contribution in [0.2, 0.25) is 5.02 Å². The predicted octanol–water partition coefficient (Wildman–Crippen LogP) is 4.50. The Morgan fingerprint density at radius 3 is 2.25 bits per heavy atom.